The maximum Gasteiger partial charge on any atom is 0.280 e. The number of benzene rings is 1. The highest BCUT2D eigenvalue weighted by molar-refractivity contribution is 7.03. The van der Waals surface area contributed by atoms with Crippen LogP contribution in [0.2, 0.25) is 0 Å². The summed E-state index contributed by atoms with van der Waals surface area (Å²) in [6, 6.07) is 8.53. The highest BCUT2D eigenvalue weighted by Gasteiger charge is 2.38. The van der Waals surface area contributed by atoms with Gasteiger partial charge in [-0.2, -0.15) is 0 Å². The second kappa shape index (κ2) is 9.01. The second-order valence-electron chi connectivity index (χ2n) is 8.05. The zero-order valence-electron chi connectivity index (χ0n) is 17.9. The molecule has 2 amide bonds. The molecular formula is C23H26N4O3S. The monoisotopic (exact) mass is 438 g/mol. The lowest BCUT2D eigenvalue weighted by molar-refractivity contribution is -0.123. The van der Waals surface area contributed by atoms with Crippen LogP contribution in [-0.4, -0.2) is 27.4 Å². The van der Waals surface area contributed by atoms with Crippen LogP contribution >= 0.6 is 11.5 Å². The number of carbonyl (C=O) groups excluding carboxylic acids is 2. The second-order valence-corrected chi connectivity index (χ2v) is 8.66. The standard InChI is InChI=1S/C23H26N4O3S/c1-14-7-6-8-15(2)20(14)27(23(29)18-13-31-26-25-18)21(19-12-11-16(3)30-19)22(28)24-17-9-4-5-10-17/h6-8,11-13,17,21H,4-5,9-10H2,1-3H3,(H,24,28)/t21-/m0/s1. The number of aryl methyl sites for hydroxylation is 3. The van der Waals surface area contributed by atoms with Crippen molar-refractivity contribution in [3.05, 3.63) is 64.1 Å². The Balaban J connectivity index is 1.84. The zero-order chi connectivity index (χ0) is 22.0. The summed E-state index contributed by atoms with van der Waals surface area (Å²) in [5, 5.41) is 8.73. The molecule has 0 unspecified atom stereocenters. The Hall–Kier alpha value is -3.00. The first-order valence-corrected chi connectivity index (χ1v) is 11.3. The summed E-state index contributed by atoms with van der Waals surface area (Å²) < 4.78 is 9.74. The quantitative estimate of drug-likeness (QED) is 0.612. The molecule has 0 bridgehead atoms. The SMILES string of the molecule is Cc1ccc([C@@H](C(=O)NC2CCCC2)N(C(=O)c2csnn2)c2c(C)cccc2C)o1. The summed E-state index contributed by atoms with van der Waals surface area (Å²) >= 11 is 1.10. The normalized spacial score (nSPS) is 15.1. The summed E-state index contributed by atoms with van der Waals surface area (Å²) in [7, 11) is 0. The van der Waals surface area contributed by atoms with Crippen LogP contribution in [0.25, 0.3) is 0 Å². The number of anilines is 1. The predicted octanol–water partition coefficient (Wildman–Crippen LogP) is 4.50. The van der Waals surface area contributed by atoms with Gasteiger partial charge in [-0.3, -0.25) is 14.5 Å². The fourth-order valence-corrected chi connectivity index (χ4v) is 4.67. The third-order valence-corrected chi connectivity index (χ3v) is 6.22. The third-order valence-electron chi connectivity index (χ3n) is 5.72. The Morgan fingerprint density at radius 3 is 2.42 bits per heavy atom. The molecule has 2 aromatic heterocycles. The van der Waals surface area contributed by atoms with Crippen LogP contribution in [0, 0.1) is 20.8 Å². The van der Waals surface area contributed by atoms with Gasteiger partial charge in [0.05, 0.1) is 5.69 Å². The molecule has 1 atom stereocenters. The minimum absolute atomic E-state index is 0.113. The number of furan rings is 1. The maximum atomic E-state index is 13.7. The van der Waals surface area contributed by atoms with Crippen molar-refractivity contribution in [2.24, 2.45) is 0 Å². The molecule has 0 spiro atoms. The Morgan fingerprint density at radius 2 is 1.84 bits per heavy atom. The van der Waals surface area contributed by atoms with Gasteiger partial charge in [0.25, 0.3) is 11.8 Å². The molecule has 0 radical (unpaired) electrons. The van der Waals surface area contributed by atoms with Crippen molar-refractivity contribution >= 4 is 29.0 Å². The van der Waals surface area contributed by atoms with E-state index in [1.807, 2.05) is 45.0 Å². The number of nitrogens with zero attached hydrogens (tertiary/aromatic N) is 3. The molecule has 1 aliphatic rings. The van der Waals surface area contributed by atoms with E-state index in [1.165, 1.54) is 4.90 Å². The average molecular weight is 439 g/mol. The van der Waals surface area contributed by atoms with E-state index in [0.29, 0.717) is 17.2 Å². The number of amides is 2. The molecule has 0 saturated heterocycles. The van der Waals surface area contributed by atoms with Crippen molar-refractivity contribution in [1.29, 1.82) is 0 Å². The summed E-state index contributed by atoms with van der Waals surface area (Å²) in [5.74, 6) is 0.470. The molecule has 1 aliphatic carbocycles. The van der Waals surface area contributed by atoms with Crippen molar-refractivity contribution < 1.29 is 14.0 Å². The summed E-state index contributed by atoms with van der Waals surface area (Å²) in [6.07, 6.45) is 4.09. The average Bonchev–Trinajstić information content (AvgIpc) is 3.50. The van der Waals surface area contributed by atoms with Crippen molar-refractivity contribution in [3.8, 4) is 0 Å². The van der Waals surface area contributed by atoms with E-state index >= 15 is 0 Å². The van der Waals surface area contributed by atoms with Crippen LogP contribution in [0.5, 0.6) is 0 Å². The molecule has 7 nitrogen and oxygen atoms in total. The van der Waals surface area contributed by atoms with Gasteiger partial charge in [0, 0.05) is 11.4 Å². The van der Waals surface area contributed by atoms with Gasteiger partial charge in [0.2, 0.25) is 0 Å². The minimum Gasteiger partial charge on any atom is -0.464 e. The number of carbonyl (C=O) groups is 2. The molecule has 1 aromatic carbocycles. The van der Waals surface area contributed by atoms with Gasteiger partial charge in [-0.05, 0) is 68.4 Å². The van der Waals surface area contributed by atoms with E-state index in [2.05, 4.69) is 14.9 Å². The topological polar surface area (TPSA) is 88.3 Å². The van der Waals surface area contributed by atoms with Gasteiger partial charge in [0.15, 0.2) is 11.7 Å². The molecule has 1 N–H and O–H groups in total. The molecule has 1 saturated carbocycles. The van der Waals surface area contributed by atoms with Crippen LogP contribution in [0.15, 0.2) is 40.1 Å². The number of aromatic nitrogens is 2. The first-order valence-electron chi connectivity index (χ1n) is 10.5. The van der Waals surface area contributed by atoms with Crippen LogP contribution < -0.4 is 10.2 Å². The highest BCUT2D eigenvalue weighted by atomic mass is 32.1. The summed E-state index contributed by atoms with van der Waals surface area (Å²) in [5.41, 5.74) is 2.66. The predicted molar refractivity (Wildman–Crippen MR) is 119 cm³/mol. The molecule has 0 aliphatic heterocycles. The third kappa shape index (κ3) is 4.39. The lowest BCUT2D eigenvalue weighted by atomic mass is 10.0. The van der Waals surface area contributed by atoms with Gasteiger partial charge in [-0.15, -0.1) is 5.10 Å². The van der Waals surface area contributed by atoms with E-state index in [1.54, 1.807) is 11.4 Å². The van der Waals surface area contributed by atoms with Crippen LogP contribution in [0.3, 0.4) is 0 Å². The molecule has 4 rings (SSSR count). The molecular weight excluding hydrogens is 412 g/mol. The first-order chi connectivity index (χ1) is 15.0. The molecule has 8 heteroatoms. The first kappa shape index (κ1) is 21.2. The molecule has 31 heavy (non-hydrogen) atoms. The van der Waals surface area contributed by atoms with Gasteiger partial charge >= 0.3 is 0 Å². The molecule has 162 valence electrons. The maximum absolute atomic E-state index is 13.7. The Labute approximate surface area is 185 Å². The van der Waals surface area contributed by atoms with Crippen LogP contribution in [0.1, 0.15) is 64.9 Å². The van der Waals surface area contributed by atoms with Crippen molar-refractivity contribution in [2.45, 2.75) is 58.5 Å². The lowest BCUT2D eigenvalue weighted by Gasteiger charge is -2.32. The number of hydrogen-bond acceptors (Lipinski definition) is 6. The van der Waals surface area contributed by atoms with Gasteiger partial charge < -0.3 is 9.73 Å². The van der Waals surface area contributed by atoms with Crippen molar-refractivity contribution in [1.82, 2.24) is 14.9 Å². The number of rotatable bonds is 6. The van der Waals surface area contributed by atoms with Gasteiger partial charge in [-0.25, -0.2) is 0 Å². The molecule has 1 fully saturated rings. The smallest absolute Gasteiger partial charge is 0.280 e. The van der Waals surface area contributed by atoms with E-state index in [4.69, 9.17) is 4.42 Å². The minimum atomic E-state index is -0.955. The van der Waals surface area contributed by atoms with E-state index < -0.39 is 6.04 Å². The number of hydrogen-bond donors (Lipinski definition) is 1. The van der Waals surface area contributed by atoms with Crippen molar-refractivity contribution in [3.63, 3.8) is 0 Å². The van der Waals surface area contributed by atoms with Crippen LogP contribution in [-0.2, 0) is 4.79 Å². The Kier molecular flexibility index (Phi) is 6.18. The number of nitrogens with one attached hydrogen (secondary N) is 1. The molecule has 3 aromatic rings. The van der Waals surface area contributed by atoms with E-state index in [-0.39, 0.29) is 23.6 Å². The van der Waals surface area contributed by atoms with Gasteiger partial charge in [-0.1, -0.05) is 35.5 Å². The van der Waals surface area contributed by atoms with E-state index in [9.17, 15) is 9.59 Å². The lowest BCUT2D eigenvalue weighted by Crippen LogP contribution is -2.46. The zero-order valence-corrected chi connectivity index (χ0v) is 18.7. The summed E-state index contributed by atoms with van der Waals surface area (Å²) in [6.45, 7) is 5.69. The Morgan fingerprint density at radius 1 is 1.13 bits per heavy atom. The fraction of sp³-hybridized carbons (Fsp3) is 0.391. The van der Waals surface area contributed by atoms with E-state index in [0.717, 1.165) is 48.3 Å². The highest BCUT2D eigenvalue weighted by Crippen LogP contribution is 2.35. The molecule has 2 heterocycles. The van der Waals surface area contributed by atoms with Crippen molar-refractivity contribution in [2.75, 3.05) is 4.90 Å². The Bertz CT molecular complexity index is 1050. The van der Waals surface area contributed by atoms with Crippen LogP contribution in [0.4, 0.5) is 5.69 Å². The summed E-state index contributed by atoms with van der Waals surface area (Å²) in [4.78, 5) is 28.8. The number of para-hydroxylation sites is 1. The van der Waals surface area contributed by atoms with Gasteiger partial charge in [0.1, 0.15) is 11.5 Å². The fourth-order valence-electron chi connectivity index (χ4n) is 4.24. The largest absolute Gasteiger partial charge is 0.464 e.